The molecule has 0 radical (unpaired) electrons. The first kappa shape index (κ1) is 30.0. The minimum Gasteiger partial charge on any atom is -0.493 e. The molecule has 2 aromatic carbocycles. The lowest BCUT2D eigenvalue weighted by molar-refractivity contribution is 0.0980. The summed E-state index contributed by atoms with van der Waals surface area (Å²) in [4.78, 5) is 12.1. The van der Waals surface area contributed by atoms with Gasteiger partial charge in [-0.05, 0) is 86.0 Å². The summed E-state index contributed by atoms with van der Waals surface area (Å²) in [6.45, 7) is 7.35. The Hall–Kier alpha value is -1.51. The number of ether oxygens (including phenoxy) is 2. The van der Waals surface area contributed by atoms with E-state index in [0.29, 0.717) is 46.8 Å². The van der Waals surface area contributed by atoms with E-state index in [-0.39, 0.29) is 11.5 Å². The van der Waals surface area contributed by atoms with Crippen LogP contribution in [0.2, 0.25) is 10.0 Å². The standard InChI is InChI=1S/C18H25FN2O2S.C10H12Cl2O/c1-2-24-21-18(22)15-9-14(13-3-4-13)17(10-16(15)19)23-11-12-5-7-20-8-6-12;1-7(6-13-2)8-3-9(11)5-10(12)4-8/h9-10,12-13,20H,2-8,11H2,1H3,(H,21,22);3-5,7H,6H2,1-2H3. The number of halogens is 3. The molecule has 9 heteroatoms. The zero-order valence-electron chi connectivity index (χ0n) is 21.7. The van der Waals surface area contributed by atoms with Crippen LogP contribution in [0, 0.1) is 11.7 Å². The third-order valence-electron chi connectivity index (χ3n) is 6.47. The second-order valence-electron chi connectivity index (χ2n) is 9.57. The Morgan fingerprint density at radius 1 is 1.14 bits per heavy atom. The van der Waals surface area contributed by atoms with Gasteiger partial charge in [-0.25, -0.2) is 4.39 Å². The Morgan fingerprint density at radius 2 is 1.81 bits per heavy atom. The molecule has 1 saturated carbocycles. The fourth-order valence-electron chi connectivity index (χ4n) is 4.24. The first-order chi connectivity index (χ1) is 17.8. The SMILES string of the molecule is CCSNC(=O)c1cc(C2CC2)c(OCC2CCNCC2)cc1F.COCC(C)c1cc(Cl)cc(Cl)c1. The highest BCUT2D eigenvalue weighted by Gasteiger charge is 2.30. The lowest BCUT2D eigenvalue weighted by Gasteiger charge is -2.23. The molecule has 1 heterocycles. The maximum absolute atomic E-state index is 14.4. The van der Waals surface area contributed by atoms with Gasteiger partial charge in [0, 0.05) is 34.9 Å². The number of nitrogens with one attached hydrogen (secondary N) is 2. The highest BCUT2D eigenvalue weighted by Crippen LogP contribution is 2.45. The number of hydrogen-bond acceptors (Lipinski definition) is 5. The predicted octanol–water partition coefficient (Wildman–Crippen LogP) is 7.22. The van der Waals surface area contributed by atoms with E-state index in [9.17, 15) is 9.18 Å². The third-order valence-corrected chi connectivity index (χ3v) is 7.53. The van der Waals surface area contributed by atoms with E-state index >= 15 is 0 Å². The Balaban J connectivity index is 0.000000248. The maximum Gasteiger partial charge on any atom is 0.264 e. The van der Waals surface area contributed by atoms with Crippen molar-refractivity contribution in [2.75, 3.05) is 39.2 Å². The van der Waals surface area contributed by atoms with E-state index in [1.165, 1.54) is 18.0 Å². The minimum absolute atomic E-state index is 0.118. The number of carbonyl (C=O) groups is 1. The number of methoxy groups -OCH3 is 1. The monoisotopic (exact) mass is 570 g/mol. The molecule has 2 aromatic rings. The van der Waals surface area contributed by atoms with E-state index in [0.717, 1.165) is 55.7 Å². The zero-order chi connectivity index (χ0) is 26.8. The fraction of sp³-hybridized carbons (Fsp3) is 0.536. The molecule has 1 amide bonds. The van der Waals surface area contributed by atoms with Gasteiger partial charge < -0.3 is 14.8 Å². The van der Waals surface area contributed by atoms with Crippen molar-refractivity contribution >= 4 is 41.1 Å². The molecule has 1 atom stereocenters. The number of piperidine rings is 1. The van der Waals surface area contributed by atoms with Crippen molar-refractivity contribution in [3.8, 4) is 5.75 Å². The van der Waals surface area contributed by atoms with Crippen LogP contribution in [-0.4, -0.2) is 45.1 Å². The summed E-state index contributed by atoms with van der Waals surface area (Å²) in [6.07, 6.45) is 4.35. The molecule has 0 bridgehead atoms. The Kier molecular flexibility index (Phi) is 12.3. The average Bonchev–Trinajstić information content (AvgIpc) is 3.72. The van der Waals surface area contributed by atoms with Gasteiger partial charge in [-0.2, -0.15) is 0 Å². The van der Waals surface area contributed by atoms with Gasteiger partial charge in [-0.3, -0.25) is 9.52 Å². The van der Waals surface area contributed by atoms with E-state index < -0.39 is 5.82 Å². The molecular formula is C28H37Cl2FN2O3S. The predicted molar refractivity (Wildman–Crippen MR) is 152 cm³/mol. The molecule has 1 aliphatic heterocycles. The molecule has 4 rings (SSSR count). The molecular weight excluding hydrogens is 534 g/mol. The molecule has 2 aliphatic rings. The average molecular weight is 572 g/mol. The van der Waals surface area contributed by atoms with Gasteiger partial charge in [0.1, 0.15) is 11.6 Å². The molecule has 1 saturated heterocycles. The van der Waals surface area contributed by atoms with Crippen molar-refractivity contribution in [2.45, 2.75) is 51.4 Å². The number of benzene rings is 2. The van der Waals surface area contributed by atoms with Crippen LogP contribution in [0.3, 0.4) is 0 Å². The van der Waals surface area contributed by atoms with Crippen molar-refractivity contribution in [3.05, 3.63) is 62.9 Å². The van der Waals surface area contributed by atoms with Crippen LogP contribution in [0.4, 0.5) is 4.39 Å². The van der Waals surface area contributed by atoms with E-state index in [1.807, 2.05) is 19.1 Å². The summed E-state index contributed by atoms with van der Waals surface area (Å²) < 4.78 is 28.1. The van der Waals surface area contributed by atoms with Crippen molar-refractivity contribution in [1.29, 1.82) is 0 Å². The minimum atomic E-state index is -0.506. The Bertz CT molecular complexity index is 1010. The Labute approximate surface area is 234 Å². The first-order valence-corrected chi connectivity index (χ1v) is 14.6. The molecule has 1 unspecified atom stereocenters. The highest BCUT2D eigenvalue weighted by molar-refractivity contribution is 7.97. The summed E-state index contributed by atoms with van der Waals surface area (Å²) in [5, 5.41) is 4.68. The van der Waals surface area contributed by atoms with Crippen LogP contribution < -0.4 is 14.8 Å². The third kappa shape index (κ3) is 9.63. The van der Waals surface area contributed by atoms with Gasteiger partial charge in [0.25, 0.3) is 5.91 Å². The van der Waals surface area contributed by atoms with Gasteiger partial charge in [-0.1, -0.05) is 49.0 Å². The fourth-order valence-corrected chi connectivity index (χ4v) is 5.17. The molecule has 1 aliphatic carbocycles. The summed E-state index contributed by atoms with van der Waals surface area (Å²) in [6, 6.07) is 8.65. The lowest BCUT2D eigenvalue weighted by atomic mass is 9.99. The van der Waals surface area contributed by atoms with E-state index in [4.69, 9.17) is 32.7 Å². The quantitative estimate of drug-likeness (QED) is 0.295. The normalized spacial score (nSPS) is 16.5. The highest BCUT2D eigenvalue weighted by atomic mass is 35.5. The van der Waals surface area contributed by atoms with Gasteiger partial charge >= 0.3 is 0 Å². The molecule has 0 aromatic heterocycles. The van der Waals surface area contributed by atoms with Crippen LogP contribution >= 0.6 is 35.1 Å². The topological polar surface area (TPSA) is 59.6 Å². The molecule has 204 valence electrons. The second kappa shape index (κ2) is 15.2. The maximum atomic E-state index is 14.4. The van der Waals surface area contributed by atoms with Crippen molar-refractivity contribution in [2.24, 2.45) is 5.92 Å². The number of amides is 1. The van der Waals surface area contributed by atoms with Crippen LogP contribution in [0.1, 0.15) is 72.9 Å². The number of hydrogen-bond donors (Lipinski definition) is 2. The zero-order valence-corrected chi connectivity index (χ0v) is 24.1. The summed E-state index contributed by atoms with van der Waals surface area (Å²) >= 11 is 13.0. The summed E-state index contributed by atoms with van der Waals surface area (Å²) in [7, 11) is 1.68. The molecule has 0 spiro atoms. The molecule has 2 fully saturated rings. The van der Waals surface area contributed by atoms with Crippen LogP contribution in [0.5, 0.6) is 5.75 Å². The first-order valence-electron chi connectivity index (χ1n) is 12.9. The summed E-state index contributed by atoms with van der Waals surface area (Å²) in [5.74, 6) is 1.74. The number of carbonyl (C=O) groups excluding carboxylic acids is 1. The van der Waals surface area contributed by atoms with Crippen LogP contribution in [-0.2, 0) is 4.74 Å². The van der Waals surface area contributed by atoms with Crippen molar-refractivity contribution < 1.29 is 18.7 Å². The Morgan fingerprint density at radius 3 is 2.41 bits per heavy atom. The van der Waals surface area contributed by atoms with Crippen LogP contribution in [0.15, 0.2) is 30.3 Å². The van der Waals surface area contributed by atoms with Crippen molar-refractivity contribution in [3.63, 3.8) is 0 Å². The van der Waals surface area contributed by atoms with Gasteiger partial charge in [-0.15, -0.1) is 0 Å². The van der Waals surface area contributed by atoms with Gasteiger partial charge in [0.2, 0.25) is 0 Å². The smallest absolute Gasteiger partial charge is 0.264 e. The van der Waals surface area contributed by atoms with Crippen LogP contribution in [0.25, 0.3) is 0 Å². The summed E-state index contributed by atoms with van der Waals surface area (Å²) in [5.41, 5.74) is 2.21. The largest absolute Gasteiger partial charge is 0.493 e. The lowest BCUT2D eigenvalue weighted by Crippen LogP contribution is -2.30. The van der Waals surface area contributed by atoms with Gasteiger partial charge in [0.15, 0.2) is 0 Å². The molecule has 2 N–H and O–H groups in total. The van der Waals surface area contributed by atoms with Crippen molar-refractivity contribution in [1.82, 2.24) is 10.0 Å². The number of rotatable bonds is 10. The van der Waals surface area contributed by atoms with E-state index in [1.54, 1.807) is 19.2 Å². The second-order valence-corrected chi connectivity index (χ2v) is 11.5. The van der Waals surface area contributed by atoms with E-state index in [2.05, 4.69) is 17.0 Å². The molecule has 5 nitrogen and oxygen atoms in total. The van der Waals surface area contributed by atoms with Gasteiger partial charge in [0.05, 0.1) is 18.8 Å². The molecule has 37 heavy (non-hydrogen) atoms.